The van der Waals surface area contributed by atoms with Gasteiger partial charge < -0.3 is 27.0 Å². The monoisotopic (exact) mass is 534 g/mol. The van der Waals surface area contributed by atoms with Gasteiger partial charge in [-0.2, -0.15) is 0 Å². The van der Waals surface area contributed by atoms with Gasteiger partial charge in [-0.3, -0.25) is 14.6 Å². The molecule has 0 unspecified atom stereocenters. The third-order valence-electron chi connectivity index (χ3n) is 6.74. The van der Waals surface area contributed by atoms with E-state index in [1.807, 2.05) is 72.5 Å². The molecule has 0 aromatic heterocycles. The van der Waals surface area contributed by atoms with Crippen LogP contribution in [0.25, 0.3) is 10.8 Å². The molecular weight excluding hydrogens is 500 g/mol. The molecule has 1 aliphatic heterocycles. The topological polar surface area (TPSA) is 126 Å². The molecular formula is C29H35ClN6O2. The fourth-order valence-electron chi connectivity index (χ4n) is 4.88. The maximum atomic E-state index is 13.5. The van der Waals surface area contributed by atoms with Crippen LogP contribution in [0.4, 0.5) is 0 Å². The number of amides is 2. The summed E-state index contributed by atoms with van der Waals surface area (Å²) in [5.74, 6) is -0.0724. The average Bonchev–Trinajstić information content (AvgIpc) is 3.03. The zero-order chi connectivity index (χ0) is 27.1. The Balaban J connectivity index is 1.44. The highest BCUT2D eigenvalue weighted by Crippen LogP contribution is 2.20. The van der Waals surface area contributed by atoms with Crippen molar-refractivity contribution < 1.29 is 9.59 Å². The molecule has 0 bridgehead atoms. The fraction of sp³-hybridized carbons (Fsp3) is 0.345. The Kier molecular flexibility index (Phi) is 9.20. The van der Waals surface area contributed by atoms with Crippen LogP contribution in [0.15, 0.2) is 65.7 Å². The molecule has 8 nitrogen and oxygen atoms in total. The summed E-state index contributed by atoms with van der Waals surface area (Å²) in [6, 6.07) is 19.0. The predicted octanol–water partition coefficient (Wildman–Crippen LogP) is 3.34. The second-order valence-corrected chi connectivity index (χ2v) is 10.3. The van der Waals surface area contributed by atoms with Gasteiger partial charge in [-0.1, -0.05) is 48.0 Å². The van der Waals surface area contributed by atoms with Gasteiger partial charge in [0.2, 0.25) is 5.91 Å². The Morgan fingerprint density at radius 3 is 2.68 bits per heavy atom. The lowest BCUT2D eigenvalue weighted by Gasteiger charge is -2.25. The second kappa shape index (κ2) is 12.8. The van der Waals surface area contributed by atoms with E-state index in [2.05, 4.69) is 15.6 Å². The van der Waals surface area contributed by atoms with Crippen molar-refractivity contribution >= 4 is 40.1 Å². The van der Waals surface area contributed by atoms with E-state index in [1.54, 1.807) is 0 Å². The Morgan fingerprint density at radius 2 is 1.92 bits per heavy atom. The van der Waals surface area contributed by atoms with Crippen LogP contribution in [0, 0.1) is 6.92 Å². The number of guanidine groups is 1. The van der Waals surface area contributed by atoms with Crippen molar-refractivity contribution in [2.45, 2.75) is 44.8 Å². The molecule has 0 saturated carbocycles. The zero-order valence-corrected chi connectivity index (χ0v) is 22.4. The minimum absolute atomic E-state index is 0.0238. The quantitative estimate of drug-likeness (QED) is 0.190. The lowest BCUT2D eigenvalue weighted by atomic mass is 10.1. The summed E-state index contributed by atoms with van der Waals surface area (Å²) >= 11 is 6.26. The molecule has 200 valence electrons. The van der Waals surface area contributed by atoms with Crippen LogP contribution in [0.3, 0.4) is 0 Å². The summed E-state index contributed by atoms with van der Waals surface area (Å²) in [6.07, 6.45) is 1.94. The molecule has 0 radical (unpaired) electrons. The molecule has 4 rings (SSSR count). The molecule has 6 N–H and O–H groups in total. The number of nitrogens with one attached hydrogen (secondary N) is 2. The number of nitrogens with zero attached hydrogens (tertiary/aromatic N) is 2. The molecule has 3 aromatic rings. The first-order valence-corrected chi connectivity index (χ1v) is 13.3. The standard InChI is InChI=1S/C29H35ClN6O2/c1-19-13-20(15-24(30)14-19)18-36-12-10-25(35-26(28(36)38)7-4-11-33-29(31)32)17-34-27(37)23-9-8-21-5-2-3-6-22(21)16-23/h2-3,5-6,8-9,13-16,25-26,35H,4,7,10-12,17-18H2,1H3,(H,34,37)(H4,31,32,33)/t25-,26-/m0/s1. The van der Waals surface area contributed by atoms with Crippen molar-refractivity contribution in [1.82, 2.24) is 15.5 Å². The van der Waals surface area contributed by atoms with E-state index >= 15 is 0 Å². The summed E-state index contributed by atoms with van der Waals surface area (Å²) in [4.78, 5) is 32.4. The van der Waals surface area contributed by atoms with Crippen molar-refractivity contribution in [1.29, 1.82) is 0 Å². The van der Waals surface area contributed by atoms with Gasteiger partial charge in [0.1, 0.15) is 0 Å². The summed E-state index contributed by atoms with van der Waals surface area (Å²) in [6.45, 7) is 3.89. The van der Waals surface area contributed by atoms with Crippen LogP contribution in [-0.4, -0.2) is 54.4 Å². The third kappa shape index (κ3) is 7.46. The first-order chi connectivity index (χ1) is 18.3. The summed E-state index contributed by atoms with van der Waals surface area (Å²) in [5, 5.41) is 9.31. The van der Waals surface area contributed by atoms with Gasteiger partial charge in [0.15, 0.2) is 5.96 Å². The molecule has 0 aliphatic carbocycles. The van der Waals surface area contributed by atoms with Crippen molar-refractivity contribution in [2.75, 3.05) is 19.6 Å². The largest absolute Gasteiger partial charge is 0.370 e. The number of aryl methyl sites for hydroxylation is 1. The number of hydrogen-bond acceptors (Lipinski definition) is 4. The van der Waals surface area contributed by atoms with E-state index in [4.69, 9.17) is 23.1 Å². The first-order valence-electron chi connectivity index (χ1n) is 12.9. The Hall–Kier alpha value is -3.62. The van der Waals surface area contributed by atoms with Crippen LogP contribution in [-0.2, 0) is 11.3 Å². The van der Waals surface area contributed by atoms with Gasteiger partial charge in [0, 0.05) is 42.8 Å². The number of halogens is 1. The van der Waals surface area contributed by atoms with Gasteiger partial charge >= 0.3 is 0 Å². The number of benzene rings is 3. The molecule has 38 heavy (non-hydrogen) atoms. The first kappa shape index (κ1) is 27.4. The van der Waals surface area contributed by atoms with Crippen LogP contribution in [0.1, 0.15) is 40.7 Å². The number of rotatable bonds is 9. The van der Waals surface area contributed by atoms with Gasteiger partial charge in [-0.05, 0) is 72.4 Å². The molecule has 9 heteroatoms. The number of carbonyl (C=O) groups is 2. The van der Waals surface area contributed by atoms with Crippen molar-refractivity contribution in [3.05, 3.63) is 82.4 Å². The SMILES string of the molecule is Cc1cc(Cl)cc(CN2CC[C@@H](CNC(=O)c3ccc4ccccc4c3)N[C@@H](CCCN=C(N)N)C2=O)c1. The molecule has 1 fully saturated rings. The van der Waals surface area contributed by atoms with Crippen LogP contribution in [0.5, 0.6) is 0 Å². The minimum atomic E-state index is -0.408. The highest BCUT2D eigenvalue weighted by Gasteiger charge is 2.30. The van der Waals surface area contributed by atoms with E-state index in [1.165, 1.54) is 0 Å². The molecule has 2 atom stereocenters. The maximum absolute atomic E-state index is 13.5. The number of carbonyl (C=O) groups excluding carboxylic acids is 2. The Bertz CT molecular complexity index is 1300. The Morgan fingerprint density at radius 1 is 1.13 bits per heavy atom. The average molecular weight is 535 g/mol. The summed E-state index contributed by atoms with van der Waals surface area (Å²) < 4.78 is 0. The smallest absolute Gasteiger partial charge is 0.251 e. The highest BCUT2D eigenvalue weighted by atomic mass is 35.5. The number of fused-ring (bicyclic) bond motifs is 1. The molecule has 1 heterocycles. The third-order valence-corrected chi connectivity index (χ3v) is 6.95. The molecule has 2 amide bonds. The zero-order valence-electron chi connectivity index (χ0n) is 21.6. The normalized spacial score (nSPS) is 17.7. The van der Waals surface area contributed by atoms with Crippen LogP contribution >= 0.6 is 11.6 Å². The van der Waals surface area contributed by atoms with E-state index in [0.717, 1.165) is 21.9 Å². The van der Waals surface area contributed by atoms with E-state index in [0.29, 0.717) is 56.0 Å². The highest BCUT2D eigenvalue weighted by molar-refractivity contribution is 6.30. The van der Waals surface area contributed by atoms with Gasteiger partial charge in [-0.15, -0.1) is 0 Å². The maximum Gasteiger partial charge on any atom is 0.251 e. The number of hydrogen-bond donors (Lipinski definition) is 4. The Labute approximate surface area is 228 Å². The summed E-state index contributed by atoms with van der Waals surface area (Å²) in [7, 11) is 0. The van der Waals surface area contributed by atoms with E-state index in [9.17, 15) is 9.59 Å². The van der Waals surface area contributed by atoms with Gasteiger partial charge in [0.05, 0.1) is 6.04 Å². The number of aliphatic imine (C=N–C) groups is 1. The second-order valence-electron chi connectivity index (χ2n) is 9.82. The van der Waals surface area contributed by atoms with Crippen LogP contribution in [0.2, 0.25) is 5.02 Å². The molecule has 1 saturated heterocycles. The van der Waals surface area contributed by atoms with Gasteiger partial charge in [-0.25, -0.2) is 0 Å². The van der Waals surface area contributed by atoms with Gasteiger partial charge in [0.25, 0.3) is 5.91 Å². The fourth-order valence-corrected chi connectivity index (χ4v) is 5.19. The molecule has 1 aliphatic rings. The van der Waals surface area contributed by atoms with Crippen LogP contribution < -0.4 is 22.1 Å². The molecule has 0 spiro atoms. The molecule has 3 aromatic carbocycles. The van der Waals surface area contributed by atoms with E-state index < -0.39 is 6.04 Å². The van der Waals surface area contributed by atoms with Crippen molar-refractivity contribution in [3.63, 3.8) is 0 Å². The van der Waals surface area contributed by atoms with Crippen molar-refractivity contribution in [3.8, 4) is 0 Å². The number of nitrogens with two attached hydrogens (primary N) is 2. The van der Waals surface area contributed by atoms with E-state index in [-0.39, 0.29) is 23.8 Å². The minimum Gasteiger partial charge on any atom is -0.370 e. The predicted molar refractivity (Wildman–Crippen MR) is 153 cm³/mol. The lowest BCUT2D eigenvalue weighted by molar-refractivity contribution is -0.133. The lowest BCUT2D eigenvalue weighted by Crippen LogP contribution is -2.48. The summed E-state index contributed by atoms with van der Waals surface area (Å²) in [5.41, 5.74) is 13.6. The van der Waals surface area contributed by atoms with Crippen molar-refractivity contribution in [2.24, 2.45) is 16.5 Å².